The Balaban J connectivity index is 1.72. The van der Waals surface area contributed by atoms with Crippen LogP contribution >= 0.6 is 0 Å². The molecule has 4 heteroatoms. The molecule has 4 rings (SSSR count). The van der Waals surface area contributed by atoms with Gasteiger partial charge in [0.15, 0.2) is 5.65 Å². The van der Waals surface area contributed by atoms with Crippen molar-refractivity contribution >= 4 is 21.8 Å². The molecule has 0 saturated carbocycles. The van der Waals surface area contributed by atoms with Crippen LogP contribution in [-0.2, 0) is 6.61 Å². The molecule has 2 heterocycles. The summed E-state index contributed by atoms with van der Waals surface area (Å²) in [4.78, 5) is 11.7. The standard InChI is InChI=1S/C17H13N3O/c1-2-6-13(7-3-1)12-21-20-17-16(11-19-20)15-9-5-4-8-14(15)10-18-17/h1-11H,12H2. The molecule has 2 aromatic heterocycles. The van der Waals surface area contributed by atoms with E-state index in [0.29, 0.717) is 6.61 Å². The monoisotopic (exact) mass is 275 g/mol. The minimum absolute atomic E-state index is 0.464. The minimum Gasteiger partial charge on any atom is -0.390 e. The summed E-state index contributed by atoms with van der Waals surface area (Å²) in [5.74, 6) is 0. The van der Waals surface area contributed by atoms with Gasteiger partial charge in [-0.15, -0.1) is 5.10 Å². The van der Waals surface area contributed by atoms with Crippen LogP contribution < -0.4 is 4.84 Å². The zero-order valence-electron chi connectivity index (χ0n) is 11.3. The second-order valence-electron chi connectivity index (χ2n) is 4.86. The normalized spacial score (nSPS) is 11.0. The number of fused-ring (bicyclic) bond motifs is 3. The fourth-order valence-corrected chi connectivity index (χ4v) is 2.42. The van der Waals surface area contributed by atoms with Crippen molar-refractivity contribution < 1.29 is 4.84 Å². The largest absolute Gasteiger partial charge is 0.390 e. The quantitative estimate of drug-likeness (QED) is 0.576. The zero-order valence-corrected chi connectivity index (χ0v) is 11.3. The smallest absolute Gasteiger partial charge is 0.199 e. The number of hydrogen-bond acceptors (Lipinski definition) is 3. The van der Waals surface area contributed by atoms with Gasteiger partial charge in [-0.05, 0) is 10.9 Å². The van der Waals surface area contributed by atoms with E-state index in [4.69, 9.17) is 4.84 Å². The SMILES string of the molecule is c1ccc(COn2ncc3c4ccccc4cnc32)cc1. The lowest BCUT2D eigenvalue weighted by Gasteiger charge is -2.06. The first kappa shape index (κ1) is 11.9. The van der Waals surface area contributed by atoms with Crippen molar-refractivity contribution in [2.75, 3.05) is 0 Å². The Morgan fingerprint density at radius 3 is 2.57 bits per heavy atom. The molecule has 0 unspecified atom stereocenters. The van der Waals surface area contributed by atoms with Gasteiger partial charge in [0.1, 0.15) is 6.61 Å². The predicted octanol–water partition coefficient (Wildman–Crippen LogP) is 3.21. The fraction of sp³-hybridized carbons (Fsp3) is 0.0588. The highest BCUT2D eigenvalue weighted by molar-refractivity contribution is 6.03. The van der Waals surface area contributed by atoms with Crippen LogP contribution in [0.5, 0.6) is 0 Å². The van der Waals surface area contributed by atoms with Crippen molar-refractivity contribution in [3.05, 3.63) is 72.6 Å². The molecule has 4 aromatic rings. The van der Waals surface area contributed by atoms with Crippen molar-refractivity contribution in [3.63, 3.8) is 0 Å². The highest BCUT2D eigenvalue weighted by atomic mass is 16.7. The van der Waals surface area contributed by atoms with Gasteiger partial charge in [0.2, 0.25) is 0 Å². The summed E-state index contributed by atoms with van der Waals surface area (Å²) in [6.07, 6.45) is 3.65. The van der Waals surface area contributed by atoms with Gasteiger partial charge in [0.05, 0.1) is 11.6 Å². The molecule has 0 saturated heterocycles. The van der Waals surface area contributed by atoms with Crippen LogP contribution in [-0.4, -0.2) is 14.9 Å². The molecule has 0 atom stereocenters. The molecule has 0 spiro atoms. The van der Waals surface area contributed by atoms with Gasteiger partial charge >= 0.3 is 0 Å². The maximum atomic E-state index is 5.74. The third-order valence-corrected chi connectivity index (χ3v) is 3.49. The lowest BCUT2D eigenvalue weighted by atomic mass is 10.1. The van der Waals surface area contributed by atoms with Crippen LogP contribution in [0, 0.1) is 0 Å². The molecule has 2 aromatic carbocycles. The van der Waals surface area contributed by atoms with Gasteiger partial charge in [-0.25, -0.2) is 4.98 Å². The number of hydrogen-bond donors (Lipinski definition) is 0. The Hall–Kier alpha value is -2.88. The number of benzene rings is 2. The van der Waals surface area contributed by atoms with Crippen molar-refractivity contribution in [2.24, 2.45) is 0 Å². The van der Waals surface area contributed by atoms with Crippen molar-refractivity contribution in [1.82, 2.24) is 14.9 Å². The maximum Gasteiger partial charge on any atom is 0.199 e. The predicted molar refractivity (Wildman–Crippen MR) is 81.8 cm³/mol. The van der Waals surface area contributed by atoms with Gasteiger partial charge in [0, 0.05) is 11.6 Å². The first-order chi connectivity index (χ1) is 10.4. The van der Waals surface area contributed by atoms with Crippen LogP contribution in [0.1, 0.15) is 5.56 Å². The van der Waals surface area contributed by atoms with Crippen molar-refractivity contribution in [2.45, 2.75) is 6.61 Å². The molecule has 0 aliphatic rings. The lowest BCUT2D eigenvalue weighted by Crippen LogP contribution is -2.13. The summed E-state index contributed by atoms with van der Waals surface area (Å²) in [6.45, 7) is 0.464. The third-order valence-electron chi connectivity index (χ3n) is 3.49. The average molecular weight is 275 g/mol. The van der Waals surface area contributed by atoms with Crippen LogP contribution in [0.3, 0.4) is 0 Å². The highest BCUT2D eigenvalue weighted by Crippen LogP contribution is 2.22. The minimum atomic E-state index is 0.464. The average Bonchev–Trinajstić information content (AvgIpc) is 2.97. The molecule has 0 radical (unpaired) electrons. The summed E-state index contributed by atoms with van der Waals surface area (Å²) < 4.78 is 0. The van der Waals surface area contributed by atoms with E-state index in [2.05, 4.69) is 16.1 Å². The Labute approximate surface area is 121 Å². The van der Waals surface area contributed by atoms with Crippen LogP contribution in [0.25, 0.3) is 21.8 Å². The molecule has 0 fully saturated rings. The molecule has 102 valence electrons. The third kappa shape index (κ3) is 2.10. The van der Waals surface area contributed by atoms with Gasteiger partial charge in [-0.3, -0.25) is 0 Å². The fourth-order valence-electron chi connectivity index (χ4n) is 2.42. The molecule has 0 amide bonds. The second kappa shape index (κ2) is 4.90. The van der Waals surface area contributed by atoms with Crippen molar-refractivity contribution in [3.8, 4) is 0 Å². The van der Waals surface area contributed by atoms with E-state index in [1.165, 1.54) is 4.85 Å². The summed E-state index contributed by atoms with van der Waals surface area (Å²) in [7, 11) is 0. The maximum absolute atomic E-state index is 5.74. The van der Waals surface area contributed by atoms with Crippen LogP contribution in [0.15, 0.2) is 67.0 Å². The van der Waals surface area contributed by atoms with Crippen molar-refractivity contribution in [1.29, 1.82) is 0 Å². The summed E-state index contributed by atoms with van der Waals surface area (Å²) in [5.41, 5.74) is 1.84. The van der Waals surface area contributed by atoms with E-state index in [1.54, 1.807) is 6.20 Å². The summed E-state index contributed by atoms with van der Waals surface area (Å²) in [6, 6.07) is 18.2. The molecule has 4 nitrogen and oxygen atoms in total. The van der Waals surface area contributed by atoms with Gasteiger partial charge in [-0.2, -0.15) is 0 Å². The second-order valence-corrected chi connectivity index (χ2v) is 4.86. The first-order valence-corrected chi connectivity index (χ1v) is 6.80. The highest BCUT2D eigenvalue weighted by Gasteiger charge is 2.08. The van der Waals surface area contributed by atoms with E-state index >= 15 is 0 Å². The molecule has 0 N–H and O–H groups in total. The molecule has 0 bridgehead atoms. The van der Waals surface area contributed by atoms with E-state index in [0.717, 1.165) is 27.4 Å². The first-order valence-electron chi connectivity index (χ1n) is 6.80. The number of rotatable bonds is 3. The van der Waals surface area contributed by atoms with Gasteiger partial charge in [-0.1, -0.05) is 59.4 Å². The number of pyridine rings is 1. The topological polar surface area (TPSA) is 39.9 Å². The van der Waals surface area contributed by atoms with Crippen LogP contribution in [0.2, 0.25) is 0 Å². The molecular weight excluding hydrogens is 262 g/mol. The lowest BCUT2D eigenvalue weighted by molar-refractivity contribution is 0.0782. The Morgan fingerprint density at radius 2 is 1.67 bits per heavy atom. The van der Waals surface area contributed by atoms with Gasteiger partial charge in [0.25, 0.3) is 0 Å². The van der Waals surface area contributed by atoms with Crippen LogP contribution in [0.4, 0.5) is 0 Å². The van der Waals surface area contributed by atoms with E-state index in [9.17, 15) is 0 Å². The molecule has 0 aliphatic heterocycles. The molecular formula is C17H13N3O. The number of aromatic nitrogens is 3. The number of nitrogens with zero attached hydrogens (tertiary/aromatic N) is 3. The molecule has 0 aliphatic carbocycles. The van der Waals surface area contributed by atoms with E-state index in [1.807, 2.05) is 54.7 Å². The Bertz CT molecular complexity index is 900. The van der Waals surface area contributed by atoms with E-state index < -0.39 is 0 Å². The summed E-state index contributed by atoms with van der Waals surface area (Å²) >= 11 is 0. The summed E-state index contributed by atoms with van der Waals surface area (Å²) in [5, 5.41) is 7.53. The van der Waals surface area contributed by atoms with Gasteiger partial charge < -0.3 is 4.84 Å². The Morgan fingerprint density at radius 1 is 0.857 bits per heavy atom. The zero-order chi connectivity index (χ0) is 14.1. The van der Waals surface area contributed by atoms with E-state index in [-0.39, 0.29) is 0 Å². The molecule has 21 heavy (non-hydrogen) atoms. The Kier molecular flexibility index (Phi) is 2.78.